The molecule has 1 N–H and O–H groups in total. The molecule has 8 nitrogen and oxygen atoms in total. The van der Waals surface area contributed by atoms with Crippen molar-refractivity contribution in [2.45, 2.75) is 49.8 Å². The van der Waals surface area contributed by atoms with Gasteiger partial charge in [0.15, 0.2) is 0 Å². The number of aliphatic hydroxyl groups is 1. The number of hydrogen-bond donors (Lipinski definition) is 1. The SMILES string of the molecule is COS(=O)(=O)c1ccc(C)cc1[C@H]1CC[C@H](n2c([C@@H](C)O)nc3cnc4ccsc4c32)CO1. The Morgan fingerprint density at radius 1 is 1.27 bits per heavy atom. The minimum absolute atomic E-state index is 0.0455. The molecule has 0 spiro atoms. The molecule has 4 heterocycles. The first-order valence-corrected chi connectivity index (χ1v) is 13.0. The lowest BCUT2D eigenvalue weighted by Crippen LogP contribution is -2.26. The van der Waals surface area contributed by atoms with Crippen LogP contribution in [-0.2, 0) is 19.0 Å². The summed E-state index contributed by atoms with van der Waals surface area (Å²) in [4.78, 5) is 9.29. The van der Waals surface area contributed by atoms with Crippen LogP contribution < -0.4 is 0 Å². The molecule has 3 aromatic heterocycles. The van der Waals surface area contributed by atoms with Crippen LogP contribution in [0.25, 0.3) is 21.3 Å². The molecule has 174 valence electrons. The monoisotopic (exact) mass is 487 g/mol. The highest BCUT2D eigenvalue weighted by Gasteiger charge is 2.32. The summed E-state index contributed by atoms with van der Waals surface area (Å²) in [5.74, 6) is 0.581. The zero-order chi connectivity index (χ0) is 23.3. The summed E-state index contributed by atoms with van der Waals surface area (Å²) < 4.78 is 39.1. The van der Waals surface area contributed by atoms with Gasteiger partial charge in [0, 0.05) is 5.56 Å². The van der Waals surface area contributed by atoms with Crippen molar-refractivity contribution >= 4 is 42.7 Å². The lowest BCUT2D eigenvalue weighted by molar-refractivity contribution is -0.0155. The summed E-state index contributed by atoms with van der Waals surface area (Å²) in [6.45, 7) is 3.99. The topological polar surface area (TPSA) is 104 Å². The Morgan fingerprint density at radius 3 is 2.79 bits per heavy atom. The van der Waals surface area contributed by atoms with Crippen molar-refractivity contribution in [2.75, 3.05) is 13.7 Å². The minimum atomic E-state index is -3.85. The van der Waals surface area contributed by atoms with Crippen LogP contribution in [0.1, 0.15) is 55.0 Å². The van der Waals surface area contributed by atoms with Gasteiger partial charge in [-0.2, -0.15) is 8.42 Å². The second-order valence-electron chi connectivity index (χ2n) is 8.36. The smallest absolute Gasteiger partial charge is 0.297 e. The van der Waals surface area contributed by atoms with Gasteiger partial charge >= 0.3 is 0 Å². The molecule has 0 radical (unpaired) electrons. The predicted octanol–water partition coefficient (Wildman–Crippen LogP) is 4.44. The van der Waals surface area contributed by atoms with E-state index in [0.29, 0.717) is 24.4 Å². The Bertz CT molecular complexity index is 1430. The van der Waals surface area contributed by atoms with Gasteiger partial charge in [0.05, 0.1) is 52.7 Å². The summed E-state index contributed by atoms with van der Waals surface area (Å²) in [7, 11) is -2.68. The molecule has 1 aliphatic heterocycles. The zero-order valence-corrected chi connectivity index (χ0v) is 20.2. The van der Waals surface area contributed by atoms with Gasteiger partial charge < -0.3 is 14.4 Å². The van der Waals surface area contributed by atoms with Crippen LogP contribution in [-0.4, -0.2) is 41.8 Å². The van der Waals surface area contributed by atoms with E-state index in [2.05, 4.69) is 14.5 Å². The molecule has 0 aliphatic carbocycles. The first-order chi connectivity index (χ1) is 15.8. The number of aromatic nitrogens is 3. The first kappa shape index (κ1) is 22.4. The third-order valence-corrected chi connectivity index (χ3v) is 8.40. The average Bonchev–Trinajstić information content (AvgIpc) is 3.43. The van der Waals surface area contributed by atoms with Crippen LogP contribution in [0.5, 0.6) is 0 Å². The third kappa shape index (κ3) is 3.85. The normalized spacial score (nSPS) is 20.5. The maximum Gasteiger partial charge on any atom is 0.297 e. The largest absolute Gasteiger partial charge is 0.385 e. The van der Waals surface area contributed by atoms with E-state index in [0.717, 1.165) is 33.2 Å². The van der Waals surface area contributed by atoms with Crippen LogP contribution in [0, 0.1) is 6.92 Å². The lowest BCUT2D eigenvalue weighted by atomic mass is 9.97. The molecular formula is C23H25N3O5S2. The highest BCUT2D eigenvalue weighted by Crippen LogP contribution is 2.40. The van der Waals surface area contributed by atoms with Crippen LogP contribution in [0.4, 0.5) is 0 Å². The average molecular weight is 488 g/mol. The fourth-order valence-corrected chi connectivity index (χ4v) is 6.37. The van der Waals surface area contributed by atoms with Crippen molar-refractivity contribution in [3.63, 3.8) is 0 Å². The standard InChI is InChI=1S/C23H25N3O5S2/c1-13-4-7-20(33(28,29)30-3)16(10-13)19-6-5-15(12-31-19)26-21-18(25-23(26)14(2)27)11-24-17-8-9-32-22(17)21/h4,7-11,14-15,19,27H,5-6,12H2,1-3H3/t14-,15+,19-/m1/s1. The molecule has 0 bridgehead atoms. The molecule has 33 heavy (non-hydrogen) atoms. The Kier molecular flexibility index (Phi) is 5.74. The van der Waals surface area contributed by atoms with E-state index in [-0.39, 0.29) is 17.0 Å². The van der Waals surface area contributed by atoms with E-state index >= 15 is 0 Å². The second kappa shape index (κ2) is 8.44. The van der Waals surface area contributed by atoms with E-state index < -0.39 is 16.2 Å². The van der Waals surface area contributed by atoms with Crippen molar-refractivity contribution in [1.82, 2.24) is 14.5 Å². The molecule has 0 unspecified atom stereocenters. The molecular weight excluding hydrogens is 462 g/mol. The van der Waals surface area contributed by atoms with Crippen molar-refractivity contribution in [3.05, 3.63) is 52.8 Å². The van der Waals surface area contributed by atoms with Crippen molar-refractivity contribution in [2.24, 2.45) is 0 Å². The van der Waals surface area contributed by atoms with Gasteiger partial charge in [0.25, 0.3) is 10.1 Å². The number of pyridine rings is 1. The van der Waals surface area contributed by atoms with E-state index in [1.165, 1.54) is 7.11 Å². The molecule has 0 saturated carbocycles. The molecule has 0 amide bonds. The Hall–Kier alpha value is -2.37. The van der Waals surface area contributed by atoms with Gasteiger partial charge in [-0.3, -0.25) is 9.17 Å². The predicted molar refractivity (Wildman–Crippen MR) is 126 cm³/mol. The number of imidazole rings is 1. The number of aryl methyl sites for hydroxylation is 1. The number of thiophene rings is 1. The Morgan fingerprint density at radius 2 is 2.09 bits per heavy atom. The van der Waals surface area contributed by atoms with Crippen LogP contribution in [0.2, 0.25) is 0 Å². The van der Waals surface area contributed by atoms with Crippen molar-refractivity contribution in [1.29, 1.82) is 0 Å². The van der Waals surface area contributed by atoms with Crippen LogP contribution >= 0.6 is 11.3 Å². The molecule has 5 rings (SSSR count). The summed E-state index contributed by atoms with van der Waals surface area (Å²) in [5, 5.41) is 12.5. The van der Waals surface area contributed by atoms with E-state index in [1.54, 1.807) is 36.6 Å². The molecule has 3 atom stereocenters. The maximum atomic E-state index is 12.5. The minimum Gasteiger partial charge on any atom is -0.385 e. The number of nitrogens with zero attached hydrogens (tertiary/aromatic N) is 3. The molecule has 4 aromatic rings. The van der Waals surface area contributed by atoms with Gasteiger partial charge in [-0.15, -0.1) is 11.3 Å². The summed E-state index contributed by atoms with van der Waals surface area (Å²) >= 11 is 1.60. The van der Waals surface area contributed by atoms with Gasteiger partial charge in [-0.25, -0.2) is 4.98 Å². The number of benzene rings is 1. The van der Waals surface area contributed by atoms with Gasteiger partial charge in [0.2, 0.25) is 0 Å². The molecule has 1 aliphatic rings. The number of ether oxygens (including phenoxy) is 1. The van der Waals surface area contributed by atoms with Crippen LogP contribution in [0.15, 0.2) is 40.7 Å². The number of hydrogen-bond acceptors (Lipinski definition) is 8. The first-order valence-electron chi connectivity index (χ1n) is 10.7. The number of rotatable bonds is 5. The fourth-order valence-electron chi connectivity index (χ4n) is 4.58. The Balaban J connectivity index is 1.52. The van der Waals surface area contributed by atoms with Crippen molar-refractivity contribution < 1.29 is 22.4 Å². The van der Waals surface area contributed by atoms with Crippen LogP contribution in [0.3, 0.4) is 0 Å². The molecule has 1 aromatic carbocycles. The highest BCUT2D eigenvalue weighted by atomic mass is 32.2. The summed E-state index contributed by atoms with van der Waals surface area (Å²) in [6.07, 6.45) is 1.99. The third-order valence-electron chi connectivity index (χ3n) is 6.14. The van der Waals surface area contributed by atoms with E-state index in [9.17, 15) is 13.5 Å². The highest BCUT2D eigenvalue weighted by molar-refractivity contribution is 7.86. The maximum absolute atomic E-state index is 12.5. The quantitative estimate of drug-likeness (QED) is 0.415. The Labute approximate surface area is 195 Å². The number of fused-ring (bicyclic) bond motifs is 3. The fraction of sp³-hybridized carbons (Fsp3) is 0.391. The van der Waals surface area contributed by atoms with Crippen molar-refractivity contribution in [3.8, 4) is 0 Å². The van der Waals surface area contributed by atoms with Gasteiger partial charge in [0.1, 0.15) is 17.4 Å². The summed E-state index contributed by atoms with van der Waals surface area (Å²) in [5.41, 5.74) is 4.17. The molecule has 1 saturated heterocycles. The van der Waals surface area contributed by atoms with Gasteiger partial charge in [-0.05, 0) is 44.2 Å². The van der Waals surface area contributed by atoms with Gasteiger partial charge in [-0.1, -0.05) is 17.7 Å². The lowest BCUT2D eigenvalue weighted by Gasteiger charge is -2.32. The van der Waals surface area contributed by atoms with E-state index in [1.807, 2.05) is 24.4 Å². The number of aliphatic hydroxyl groups excluding tert-OH is 1. The zero-order valence-electron chi connectivity index (χ0n) is 18.6. The summed E-state index contributed by atoms with van der Waals surface area (Å²) in [6, 6.07) is 7.12. The molecule has 1 fully saturated rings. The molecule has 10 heteroatoms. The van der Waals surface area contributed by atoms with E-state index in [4.69, 9.17) is 8.92 Å². The second-order valence-corrected chi connectivity index (χ2v) is 11.0.